The van der Waals surface area contributed by atoms with Crippen LogP contribution in [0.15, 0.2) is 60.3 Å². The number of carbonyl (C=O) groups excluding carboxylic acids is 1. The fourth-order valence-corrected chi connectivity index (χ4v) is 3.47. The van der Waals surface area contributed by atoms with E-state index in [0.29, 0.717) is 6.54 Å². The van der Waals surface area contributed by atoms with Crippen LogP contribution in [0.1, 0.15) is 34.5 Å². The molecule has 3 rings (SSSR count). The fourth-order valence-electron chi connectivity index (χ4n) is 3.47. The molecule has 3 aromatic rings. The van der Waals surface area contributed by atoms with Gasteiger partial charge in [0.15, 0.2) is 0 Å². The van der Waals surface area contributed by atoms with Crippen molar-refractivity contribution in [1.29, 1.82) is 5.26 Å². The van der Waals surface area contributed by atoms with E-state index in [1.54, 1.807) is 12.3 Å². The largest absolute Gasteiger partial charge is 0.351 e. The van der Waals surface area contributed by atoms with E-state index in [1.807, 2.05) is 67.8 Å². The maximum atomic E-state index is 12.5. The predicted molar refractivity (Wildman–Crippen MR) is 119 cm³/mol. The fraction of sp³-hybridized carbons (Fsp3) is 0.240. The molecule has 5 heteroatoms. The van der Waals surface area contributed by atoms with Gasteiger partial charge in [0.1, 0.15) is 17.5 Å². The highest BCUT2D eigenvalue weighted by Crippen LogP contribution is 2.22. The van der Waals surface area contributed by atoms with E-state index >= 15 is 0 Å². The summed E-state index contributed by atoms with van der Waals surface area (Å²) in [5, 5.41) is 12.4. The molecule has 152 valence electrons. The van der Waals surface area contributed by atoms with Crippen molar-refractivity contribution < 1.29 is 4.79 Å². The van der Waals surface area contributed by atoms with Crippen molar-refractivity contribution in [2.24, 2.45) is 0 Å². The number of aromatic nitrogens is 2. The number of rotatable bonds is 7. The summed E-state index contributed by atoms with van der Waals surface area (Å²) in [7, 11) is 0. The molecule has 0 fully saturated rings. The summed E-state index contributed by atoms with van der Waals surface area (Å²) in [4.78, 5) is 16.9. The molecule has 0 aliphatic rings. The molecule has 2 aromatic heterocycles. The molecular formula is C25H26N4O. The van der Waals surface area contributed by atoms with Crippen LogP contribution < -0.4 is 5.32 Å². The lowest BCUT2D eigenvalue weighted by molar-refractivity contribution is -0.117. The third-order valence-corrected chi connectivity index (χ3v) is 5.04. The normalized spacial score (nSPS) is 11.2. The molecule has 5 nitrogen and oxygen atoms in total. The summed E-state index contributed by atoms with van der Waals surface area (Å²) in [5.41, 5.74) is 5.24. The van der Waals surface area contributed by atoms with Crippen LogP contribution in [-0.2, 0) is 11.2 Å². The first kappa shape index (κ1) is 21.1. The number of carbonyl (C=O) groups is 1. The van der Waals surface area contributed by atoms with E-state index in [9.17, 15) is 10.1 Å². The minimum atomic E-state index is -0.343. The van der Waals surface area contributed by atoms with E-state index in [0.717, 1.165) is 41.2 Å². The van der Waals surface area contributed by atoms with Crippen LogP contribution in [0.5, 0.6) is 0 Å². The molecule has 0 atom stereocenters. The highest BCUT2D eigenvalue weighted by molar-refractivity contribution is 6.01. The van der Waals surface area contributed by atoms with Crippen molar-refractivity contribution in [3.8, 4) is 11.9 Å². The van der Waals surface area contributed by atoms with Crippen LogP contribution in [0, 0.1) is 32.1 Å². The van der Waals surface area contributed by atoms with Crippen LogP contribution in [0.2, 0.25) is 0 Å². The number of hydrogen-bond donors (Lipinski definition) is 1. The topological polar surface area (TPSA) is 70.7 Å². The van der Waals surface area contributed by atoms with Gasteiger partial charge in [0.05, 0.1) is 0 Å². The van der Waals surface area contributed by atoms with Crippen molar-refractivity contribution >= 4 is 12.0 Å². The average Bonchev–Trinajstić information content (AvgIpc) is 3.02. The lowest BCUT2D eigenvalue weighted by atomic mass is 10.1. The third-order valence-electron chi connectivity index (χ3n) is 5.04. The highest BCUT2D eigenvalue weighted by atomic mass is 16.1. The number of hydrogen-bond acceptors (Lipinski definition) is 3. The smallest absolute Gasteiger partial charge is 0.261 e. The number of nitrogens with zero attached hydrogens (tertiary/aromatic N) is 3. The Hall–Kier alpha value is -3.65. The zero-order valence-electron chi connectivity index (χ0n) is 17.6. The van der Waals surface area contributed by atoms with E-state index in [-0.39, 0.29) is 11.5 Å². The van der Waals surface area contributed by atoms with Crippen molar-refractivity contribution in [2.75, 3.05) is 6.54 Å². The Morgan fingerprint density at radius 2 is 1.93 bits per heavy atom. The molecule has 0 radical (unpaired) electrons. The van der Waals surface area contributed by atoms with Gasteiger partial charge in [-0.25, -0.2) is 4.98 Å². The molecule has 1 amide bonds. The highest BCUT2D eigenvalue weighted by Gasteiger charge is 2.14. The molecule has 30 heavy (non-hydrogen) atoms. The number of amides is 1. The Morgan fingerprint density at radius 3 is 2.63 bits per heavy atom. The SMILES string of the molecule is Cc1ccnc(-n2c(C)cc(/C=C(/C#N)C(=O)NCCCc3ccccc3)c2C)c1. The third kappa shape index (κ3) is 5.03. The molecule has 0 bridgehead atoms. The Labute approximate surface area is 177 Å². The Kier molecular flexibility index (Phi) is 6.82. The standard InChI is InChI=1S/C25H26N4O/c1-18-11-13-27-24(14-18)29-19(2)15-22(20(29)3)16-23(17-26)25(30)28-12-7-10-21-8-5-4-6-9-21/h4-6,8-9,11,13-16H,7,10,12H2,1-3H3,(H,28,30)/b23-16-. The first-order valence-corrected chi connectivity index (χ1v) is 10.1. The summed E-state index contributed by atoms with van der Waals surface area (Å²) in [6.07, 6.45) is 5.14. The Morgan fingerprint density at radius 1 is 1.17 bits per heavy atom. The molecule has 1 N–H and O–H groups in total. The number of nitrogens with one attached hydrogen (secondary N) is 1. The minimum absolute atomic E-state index is 0.104. The van der Waals surface area contributed by atoms with Crippen LogP contribution >= 0.6 is 0 Å². The van der Waals surface area contributed by atoms with Gasteiger partial charge in [-0.05, 0) is 74.6 Å². The monoisotopic (exact) mass is 398 g/mol. The maximum absolute atomic E-state index is 12.5. The van der Waals surface area contributed by atoms with E-state index in [2.05, 4.69) is 22.4 Å². The second-order valence-corrected chi connectivity index (χ2v) is 7.37. The van der Waals surface area contributed by atoms with Gasteiger partial charge in [0.2, 0.25) is 0 Å². The molecule has 0 saturated heterocycles. The zero-order valence-corrected chi connectivity index (χ0v) is 17.6. The van der Waals surface area contributed by atoms with Gasteiger partial charge in [-0.15, -0.1) is 0 Å². The van der Waals surface area contributed by atoms with E-state index in [1.165, 1.54) is 5.56 Å². The van der Waals surface area contributed by atoms with Gasteiger partial charge >= 0.3 is 0 Å². The van der Waals surface area contributed by atoms with Crippen molar-refractivity contribution in [3.05, 3.63) is 88.4 Å². The summed E-state index contributed by atoms with van der Waals surface area (Å²) in [5.74, 6) is 0.484. The molecular weight excluding hydrogens is 372 g/mol. The van der Waals surface area contributed by atoms with Crippen molar-refractivity contribution in [3.63, 3.8) is 0 Å². The van der Waals surface area contributed by atoms with E-state index < -0.39 is 0 Å². The van der Waals surface area contributed by atoms with Gasteiger partial charge in [-0.2, -0.15) is 5.26 Å². The molecule has 0 spiro atoms. The second kappa shape index (κ2) is 9.71. The Bertz CT molecular complexity index is 1100. The lowest BCUT2D eigenvalue weighted by Crippen LogP contribution is -2.25. The zero-order chi connectivity index (χ0) is 21.5. The number of benzene rings is 1. The lowest BCUT2D eigenvalue weighted by Gasteiger charge is -2.09. The van der Waals surface area contributed by atoms with E-state index in [4.69, 9.17) is 0 Å². The molecule has 0 aliphatic carbocycles. The second-order valence-electron chi connectivity index (χ2n) is 7.37. The predicted octanol–water partition coefficient (Wildman–Crippen LogP) is 4.45. The van der Waals surface area contributed by atoms with Gasteiger partial charge in [0.25, 0.3) is 5.91 Å². The number of nitriles is 1. The maximum Gasteiger partial charge on any atom is 0.261 e. The molecule has 0 unspecified atom stereocenters. The summed E-state index contributed by atoms with van der Waals surface area (Å²) >= 11 is 0. The molecule has 0 aliphatic heterocycles. The average molecular weight is 399 g/mol. The van der Waals surface area contributed by atoms with Gasteiger partial charge in [0, 0.05) is 24.1 Å². The van der Waals surface area contributed by atoms with Crippen molar-refractivity contribution in [2.45, 2.75) is 33.6 Å². The van der Waals surface area contributed by atoms with Crippen LogP contribution in [0.4, 0.5) is 0 Å². The number of aryl methyl sites for hydroxylation is 3. The first-order chi connectivity index (χ1) is 14.5. The minimum Gasteiger partial charge on any atom is -0.351 e. The quantitative estimate of drug-likeness (QED) is 0.363. The molecule has 1 aromatic carbocycles. The van der Waals surface area contributed by atoms with Crippen LogP contribution in [-0.4, -0.2) is 22.0 Å². The van der Waals surface area contributed by atoms with Crippen LogP contribution in [0.3, 0.4) is 0 Å². The molecule has 0 saturated carbocycles. The summed E-state index contributed by atoms with van der Waals surface area (Å²) < 4.78 is 2.03. The number of pyridine rings is 1. The van der Waals surface area contributed by atoms with Crippen molar-refractivity contribution in [1.82, 2.24) is 14.9 Å². The first-order valence-electron chi connectivity index (χ1n) is 10.1. The molecule has 2 heterocycles. The summed E-state index contributed by atoms with van der Waals surface area (Å²) in [6, 6.07) is 18.1. The van der Waals surface area contributed by atoms with Gasteiger partial charge in [-0.3, -0.25) is 4.79 Å². The Balaban J connectivity index is 1.70. The van der Waals surface area contributed by atoms with Gasteiger partial charge in [-0.1, -0.05) is 30.3 Å². The summed E-state index contributed by atoms with van der Waals surface area (Å²) in [6.45, 7) is 6.51. The van der Waals surface area contributed by atoms with Gasteiger partial charge < -0.3 is 9.88 Å². The van der Waals surface area contributed by atoms with Crippen LogP contribution in [0.25, 0.3) is 11.9 Å².